The smallest absolute Gasteiger partial charge is 0.266 e. The number of carbonyl (C=O) groups excluding carboxylic acids is 2. The Bertz CT molecular complexity index is 1180. The van der Waals surface area contributed by atoms with Gasteiger partial charge in [0.05, 0.1) is 17.4 Å². The van der Waals surface area contributed by atoms with E-state index >= 15 is 0 Å². The van der Waals surface area contributed by atoms with Crippen LogP contribution in [0.15, 0.2) is 72.8 Å². The first-order valence-electron chi connectivity index (χ1n) is 10.7. The molecule has 0 radical (unpaired) electrons. The maximum atomic E-state index is 13.7. The zero-order valence-electron chi connectivity index (χ0n) is 17.9. The number of hydroxylamine groups is 1. The van der Waals surface area contributed by atoms with Gasteiger partial charge in [-0.1, -0.05) is 67.1 Å². The Labute approximate surface area is 192 Å². The van der Waals surface area contributed by atoms with Crippen LogP contribution in [0.25, 0.3) is 0 Å². The molecule has 3 atom stereocenters. The zero-order valence-corrected chi connectivity index (χ0v) is 18.6. The summed E-state index contributed by atoms with van der Waals surface area (Å²) in [5.74, 6) is -1.29. The first kappa shape index (κ1) is 20.7. The number of fused-ring (bicyclic) bond motifs is 1. The van der Waals surface area contributed by atoms with Crippen molar-refractivity contribution in [1.82, 2.24) is 0 Å². The summed E-state index contributed by atoms with van der Waals surface area (Å²) >= 11 is 6.28. The fourth-order valence-corrected chi connectivity index (χ4v) is 4.75. The summed E-state index contributed by atoms with van der Waals surface area (Å²) in [4.78, 5) is 34.6. The molecule has 0 aliphatic carbocycles. The molecule has 32 heavy (non-hydrogen) atoms. The fourth-order valence-electron chi connectivity index (χ4n) is 4.58. The fraction of sp³-hybridized carbons (Fsp3) is 0.231. The highest BCUT2D eigenvalue weighted by Crippen LogP contribution is 2.48. The number of carbonyl (C=O) groups is 2. The molecule has 5 nitrogen and oxygen atoms in total. The minimum atomic E-state index is -0.892. The van der Waals surface area contributed by atoms with Crippen molar-refractivity contribution in [2.24, 2.45) is 5.92 Å². The molecule has 3 aromatic carbocycles. The third-order valence-electron chi connectivity index (χ3n) is 6.34. The Morgan fingerprint density at radius 1 is 0.906 bits per heavy atom. The van der Waals surface area contributed by atoms with Crippen molar-refractivity contribution in [3.8, 4) is 0 Å². The lowest BCUT2D eigenvalue weighted by atomic mass is 9.90. The molecule has 2 aliphatic rings. The molecule has 0 N–H and O–H groups in total. The molecule has 0 saturated carbocycles. The number of anilines is 2. The summed E-state index contributed by atoms with van der Waals surface area (Å²) in [6.07, 6.45) is 0.0340. The Morgan fingerprint density at radius 3 is 2.31 bits per heavy atom. The van der Waals surface area contributed by atoms with Crippen molar-refractivity contribution >= 4 is 34.8 Å². The van der Waals surface area contributed by atoms with E-state index in [4.69, 9.17) is 16.4 Å². The molecule has 0 bridgehead atoms. The molecule has 6 heteroatoms. The van der Waals surface area contributed by atoms with Gasteiger partial charge in [0.2, 0.25) is 5.91 Å². The van der Waals surface area contributed by atoms with Gasteiger partial charge in [0.1, 0.15) is 5.92 Å². The van der Waals surface area contributed by atoms with Gasteiger partial charge in [-0.3, -0.25) is 14.4 Å². The summed E-state index contributed by atoms with van der Waals surface area (Å²) in [6.45, 7) is 3.91. The summed E-state index contributed by atoms with van der Waals surface area (Å²) in [5, 5.41) is 2.23. The molecule has 2 aliphatic heterocycles. The van der Waals surface area contributed by atoms with Gasteiger partial charge in [0.25, 0.3) is 5.91 Å². The molecule has 2 amide bonds. The number of hydrogen-bond donors (Lipinski definition) is 0. The van der Waals surface area contributed by atoms with Gasteiger partial charge in [-0.2, -0.15) is 0 Å². The van der Waals surface area contributed by atoms with Gasteiger partial charge >= 0.3 is 0 Å². The van der Waals surface area contributed by atoms with Crippen molar-refractivity contribution < 1.29 is 14.4 Å². The van der Waals surface area contributed by atoms with E-state index in [1.165, 1.54) is 10.5 Å². The third-order valence-corrected chi connectivity index (χ3v) is 6.75. The summed E-state index contributed by atoms with van der Waals surface area (Å²) in [5.41, 5.74) is 4.15. The van der Waals surface area contributed by atoms with Crippen LogP contribution in [0.3, 0.4) is 0 Å². The number of imide groups is 1. The largest absolute Gasteiger partial charge is 0.273 e. The molecule has 2 saturated heterocycles. The van der Waals surface area contributed by atoms with E-state index in [9.17, 15) is 9.59 Å². The van der Waals surface area contributed by atoms with Crippen LogP contribution < -0.4 is 9.96 Å². The SMILES string of the molecule is CCc1ccc([C@H]2[C@H]3C(=O)N(c4cccc(Cl)c4C)C(=O)[C@@H]3ON2c2ccccc2)cc1. The highest BCUT2D eigenvalue weighted by atomic mass is 35.5. The van der Waals surface area contributed by atoms with E-state index in [-0.39, 0.29) is 11.8 Å². The quantitative estimate of drug-likeness (QED) is 0.513. The maximum absolute atomic E-state index is 13.7. The number of halogens is 1. The predicted octanol–water partition coefficient (Wildman–Crippen LogP) is 5.26. The van der Waals surface area contributed by atoms with Crippen molar-refractivity contribution in [1.29, 1.82) is 0 Å². The van der Waals surface area contributed by atoms with Crippen LogP contribution >= 0.6 is 11.6 Å². The van der Waals surface area contributed by atoms with E-state index in [1.807, 2.05) is 49.4 Å². The Hall–Kier alpha value is -3.15. The first-order valence-corrected chi connectivity index (χ1v) is 11.1. The second kappa shape index (κ2) is 8.08. The molecule has 2 fully saturated rings. The molecule has 0 spiro atoms. The number of nitrogens with zero attached hydrogens (tertiary/aromatic N) is 2. The number of benzene rings is 3. The summed E-state index contributed by atoms with van der Waals surface area (Å²) in [7, 11) is 0. The minimum absolute atomic E-state index is 0.270. The van der Waals surface area contributed by atoms with Crippen LogP contribution in [0.4, 0.5) is 11.4 Å². The number of amides is 2. The average molecular weight is 447 g/mol. The Morgan fingerprint density at radius 2 is 1.62 bits per heavy atom. The van der Waals surface area contributed by atoms with E-state index in [0.717, 1.165) is 17.7 Å². The Kier molecular flexibility index (Phi) is 5.24. The zero-order chi connectivity index (χ0) is 22.4. The maximum Gasteiger partial charge on any atom is 0.266 e. The first-order chi connectivity index (χ1) is 15.5. The topological polar surface area (TPSA) is 49.9 Å². The molecule has 162 valence electrons. The van der Waals surface area contributed by atoms with Crippen LogP contribution in [-0.2, 0) is 20.8 Å². The van der Waals surface area contributed by atoms with Crippen LogP contribution in [0.2, 0.25) is 5.02 Å². The van der Waals surface area contributed by atoms with Crippen molar-refractivity contribution in [2.75, 3.05) is 9.96 Å². The van der Waals surface area contributed by atoms with E-state index in [1.54, 1.807) is 23.3 Å². The van der Waals surface area contributed by atoms with Gasteiger partial charge < -0.3 is 0 Å². The molecular formula is C26H23ClN2O3. The van der Waals surface area contributed by atoms with E-state index in [2.05, 4.69) is 19.1 Å². The highest BCUT2D eigenvalue weighted by molar-refractivity contribution is 6.32. The summed E-state index contributed by atoms with van der Waals surface area (Å²) in [6, 6.07) is 22.6. The molecule has 3 aromatic rings. The molecule has 0 unspecified atom stereocenters. The van der Waals surface area contributed by atoms with Crippen LogP contribution in [0, 0.1) is 12.8 Å². The van der Waals surface area contributed by atoms with Crippen molar-refractivity contribution in [3.63, 3.8) is 0 Å². The molecular weight excluding hydrogens is 424 g/mol. The lowest BCUT2D eigenvalue weighted by Crippen LogP contribution is -2.37. The normalized spacial score (nSPS) is 22.5. The highest BCUT2D eigenvalue weighted by Gasteiger charge is 2.60. The minimum Gasteiger partial charge on any atom is -0.273 e. The number of aryl methyl sites for hydroxylation is 1. The van der Waals surface area contributed by atoms with Gasteiger partial charge in [-0.15, -0.1) is 0 Å². The van der Waals surface area contributed by atoms with E-state index in [0.29, 0.717) is 16.3 Å². The van der Waals surface area contributed by atoms with Gasteiger partial charge in [-0.25, -0.2) is 9.96 Å². The van der Waals surface area contributed by atoms with E-state index < -0.39 is 18.1 Å². The second-order valence-electron chi connectivity index (χ2n) is 8.15. The van der Waals surface area contributed by atoms with Crippen LogP contribution in [0.1, 0.15) is 29.7 Å². The monoisotopic (exact) mass is 446 g/mol. The average Bonchev–Trinajstić information content (AvgIpc) is 3.33. The second-order valence-corrected chi connectivity index (χ2v) is 8.56. The lowest BCUT2D eigenvalue weighted by Gasteiger charge is -2.29. The number of rotatable bonds is 4. The van der Waals surface area contributed by atoms with Crippen LogP contribution in [-0.4, -0.2) is 17.9 Å². The van der Waals surface area contributed by atoms with Gasteiger partial charge in [-0.05, 0) is 54.3 Å². The molecule has 2 heterocycles. The predicted molar refractivity (Wildman–Crippen MR) is 125 cm³/mol. The summed E-state index contributed by atoms with van der Waals surface area (Å²) < 4.78 is 0. The lowest BCUT2D eigenvalue weighted by molar-refractivity contribution is -0.126. The third kappa shape index (κ3) is 3.20. The van der Waals surface area contributed by atoms with Gasteiger partial charge in [0, 0.05) is 5.02 Å². The number of para-hydroxylation sites is 1. The van der Waals surface area contributed by atoms with Crippen LogP contribution in [0.5, 0.6) is 0 Å². The standard InChI is InChI=1S/C26H23ClN2O3/c1-3-17-12-14-18(15-13-17)23-22-24(32-29(23)19-8-5-4-6-9-19)26(31)28(25(22)30)21-11-7-10-20(27)16(21)2/h4-15,22-24H,3H2,1-2H3/t22-,23+,24-/m1/s1. The van der Waals surface area contributed by atoms with Crippen molar-refractivity contribution in [2.45, 2.75) is 32.4 Å². The Balaban J connectivity index is 1.59. The number of hydrogen-bond acceptors (Lipinski definition) is 4. The van der Waals surface area contributed by atoms with Crippen molar-refractivity contribution in [3.05, 3.63) is 94.5 Å². The molecule has 5 rings (SSSR count). The molecule has 0 aromatic heterocycles. The van der Waals surface area contributed by atoms with Gasteiger partial charge in [0.15, 0.2) is 6.10 Å².